The number of carbonyl (C=O) groups excluding carboxylic acids is 1. The lowest BCUT2D eigenvalue weighted by Gasteiger charge is -2.35. The second-order valence-electron chi connectivity index (χ2n) is 7.27. The average molecular weight is 368 g/mol. The van der Waals surface area contributed by atoms with E-state index in [2.05, 4.69) is 53.4 Å². The molecule has 2 unspecified atom stereocenters. The lowest BCUT2D eigenvalue weighted by Crippen LogP contribution is -2.44. The second kappa shape index (κ2) is 8.97. The van der Waals surface area contributed by atoms with Gasteiger partial charge < -0.3 is 10.1 Å². The number of benzene rings is 1. The fraction of sp³-hybridized carbons (Fsp3) is 0.429. The molecular weight excluding hydrogens is 340 g/mol. The monoisotopic (exact) mass is 368 g/mol. The Hall–Kier alpha value is -2.44. The van der Waals surface area contributed by atoms with E-state index in [4.69, 9.17) is 4.74 Å². The molecule has 0 bridgehead atoms. The molecule has 1 amide bonds. The van der Waals surface area contributed by atoms with Crippen LogP contribution in [0.3, 0.4) is 0 Å². The Morgan fingerprint density at radius 1 is 1.22 bits per heavy atom. The van der Waals surface area contributed by atoms with E-state index in [0.29, 0.717) is 6.54 Å². The van der Waals surface area contributed by atoms with Crippen molar-refractivity contribution in [1.82, 2.24) is 20.0 Å². The third-order valence-corrected chi connectivity index (χ3v) is 4.54. The van der Waals surface area contributed by atoms with Crippen molar-refractivity contribution in [3.8, 4) is 0 Å². The molecule has 6 heteroatoms. The van der Waals surface area contributed by atoms with Gasteiger partial charge in [0.1, 0.15) is 0 Å². The highest BCUT2D eigenvalue weighted by molar-refractivity contribution is 5.91. The summed E-state index contributed by atoms with van der Waals surface area (Å²) < 4.78 is 7.49. The number of carbonyl (C=O) groups is 1. The first-order chi connectivity index (χ1) is 13.0. The fourth-order valence-electron chi connectivity index (χ4n) is 3.38. The van der Waals surface area contributed by atoms with Crippen LogP contribution in [0.5, 0.6) is 0 Å². The van der Waals surface area contributed by atoms with Gasteiger partial charge in [0.05, 0.1) is 18.4 Å². The minimum Gasteiger partial charge on any atom is -0.373 e. The highest BCUT2D eigenvalue weighted by Gasteiger charge is 2.21. The molecule has 1 aromatic carbocycles. The number of morpholine rings is 1. The minimum absolute atomic E-state index is 0.112. The fourth-order valence-corrected chi connectivity index (χ4v) is 3.38. The predicted octanol–water partition coefficient (Wildman–Crippen LogP) is 2.36. The van der Waals surface area contributed by atoms with Crippen LogP contribution in [0.2, 0.25) is 0 Å². The standard InChI is InChI=1S/C21H28N4O2/c1-16-12-25(13-17(2)27-16)15-19-6-4-18(5-7-19)10-22-21(26)9-8-20-11-23-24(3)14-20/h4-9,11,14,16-17H,10,12-13,15H2,1-3H3,(H,22,26)/b9-8+. The van der Waals surface area contributed by atoms with E-state index in [0.717, 1.165) is 30.8 Å². The van der Waals surface area contributed by atoms with Crippen molar-refractivity contribution < 1.29 is 9.53 Å². The van der Waals surface area contributed by atoms with Crippen molar-refractivity contribution in [3.63, 3.8) is 0 Å². The van der Waals surface area contributed by atoms with Gasteiger partial charge in [-0.15, -0.1) is 0 Å². The maximum atomic E-state index is 11.9. The zero-order chi connectivity index (χ0) is 19.2. The van der Waals surface area contributed by atoms with Gasteiger partial charge in [0.15, 0.2) is 0 Å². The number of aromatic nitrogens is 2. The molecule has 6 nitrogen and oxygen atoms in total. The summed E-state index contributed by atoms with van der Waals surface area (Å²) in [7, 11) is 1.85. The number of nitrogens with one attached hydrogen (secondary N) is 1. The van der Waals surface area contributed by atoms with E-state index in [1.165, 1.54) is 11.6 Å². The van der Waals surface area contributed by atoms with Crippen molar-refractivity contribution in [2.75, 3.05) is 13.1 Å². The van der Waals surface area contributed by atoms with Crippen LogP contribution in [0.15, 0.2) is 42.7 Å². The predicted molar refractivity (Wildman–Crippen MR) is 106 cm³/mol. The minimum atomic E-state index is -0.112. The second-order valence-corrected chi connectivity index (χ2v) is 7.27. The Kier molecular flexibility index (Phi) is 6.42. The van der Waals surface area contributed by atoms with Gasteiger partial charge in [0.2, 0.25) is 5.91 Å². The molecule has 1 N–H and O–H groups in total. The normalized spacial score (nSPS) is 20.9. The van der Waals surface area contributed by atoms with Crippen LogP contribution in [0.1, 0.15) is 30.5 Å². The van der Waals surface area contributed by atoms with Crippen LogP contribution in [-0.4, -0.2) is 45.9 Å². The molecule has 1 aliphatic rings. The molecule has 1 fully saturated rings. The van der Waals surface area contributed by atoms with Crippen molar-refractivity contribution in [3.05, 3.63) is 59.4 Å². The Balaban J connectivity index is 1.46. The molecule has 3 rings (SSSR count). The summed E-state index contributed by atoms with van der Waals surface area (Å²) in [5.41, 5.74) is 3.28. The molecule has 1 aromatic heterocycles. The zero-order valence-corrected chi connectivity index (χ0v) is 16.3. The maximum Gasteiger partial charge on any atom is 0.244 e. The summed E-state index contributed by atoms with van der Waals surface area (Å²) in [6.07, 6.45) is 7.43. The van der Waals surface area contributed by atoms with Gasteiger partial charge >= 0.3 is 0 Å². The van der Waals surface area contributed by atoms with E-state index in [9.17, 15) is 4.79 Å². The highest BCUT2D eigenvalue weighted by atomic mass is 16.5. The number of aryl methyl sites for hydroxylation is 1. The Bertz CT molecular complexity index is 772. The molecule has 0 saturated carbocycles. The molecule has 144 valence electrons. The summed E-state index contributed by atoms with van der Waals surface area (Å²) in [5.74, 6) is -0.112. The number of hydrogen-bond donors (Lipinski definition) is 1. The van der Waals surface area contributed by atoms with E-state index < -0.39 is 0 Å². The van der Waals surface area contributed by atoms with Gasteiger partial charge in [-0.2, -0.15) is 5.10 Å². The van der Waals surface area contributed by atoms with Crippen LogP contribution < -0.4 is 5.32 Å². The maximum absolute atomic E-state index is 11.9. The van der Waals surface area contributed by atoms with Gasteiger partial charge in [-0.25, -0.2) is 0 Å². The van der Waals surface area contributed by atoms with Crippen LogP contribution >= 0.6 is 0 Å². The first-order valence-electron chi connectivity index (χ1n) is 9.38. The third kappa shape index (κ3) is 6.05. The van der Waals surface area contributed by atoms with Crippen molar-refractivity contribution in [2.24, 2.45) is 7.05 Å². The van der Waals surface area contributed by atoms with Crippen LogP contribution in [0.4, 0.5) is 0 Å². The summed E-state index contributed by atoms with van der Waals surface area (Å²) in [6, 6.07) is 8.43. The van der Waals surface area contributed by atoms with Gasteiger partial charge in [-0.1, -0.05) is 24.3 Å². The molecular formula is C21H28N4O2. The zero-order valence-electron chi connectivity index (χ0n) is 16.3. The van der Waals surface area contributed by atoms with Gasteiger partial charge in [-0.3, -0.25) is 14.4 Å². The summed E-state index contributed by atoms with van der Waals surface area (Å²) in [6.45, 7) is 7.62. The first-order valence-corrected chi connectivity index (χ1v) is 9.38. The lowest BCUT2D eigenvalue weighted by molar-refractivity contribution is -0.116. The summed E-state index contributed by atoms with van der Waals surface area (Å²) in [4.78, 5) is 14.4. The number of amides is 1. The van der Waals surface area contributed by atoms with Gasteiger partial charge in [-0.05, 0) is 31.1 Å². The Morgan fingerprint density at radius 3 is 2.52 bits per heavy atom. The summed E-state index contributed by atoms with van der Waals surface area (Å²) >= 11 is 0. The molecule has 1 saturated heterocycles. The van der Waals surface area contributed by atoms with Crippen LogP contribution in [0, 0.1) is 0 Å². The highest BCUT2D eigenvalue weighted by Crippen LogP contribution is 2.14. The van der Waals surface area contributed by atoms with E-state index in [-0.39, 0.29) is 18.1 Å². The Labute approximate surface area is 160 Å². The number of ether oxygens (including phenoxy) is 1. The molecule has 27 heavy (non-hydrogen) atoms. The first kappa shape index (κ1) is 19.3. The van der Waals surface area contributed by atoms with E-state index >= 15 is 0 Å². The average Bonchev–Trinajstić information content (AvgIpc) is 3.04. The quantitative estimate of drug-likeness (QED) is 0.795. The number of nitrogens with zero attached hydrogens (tertiary/aromatic N) is 3. The molecule has 2 atom stereocenters. The van der Waals surface area contributed by atoms with E-state index in [1.807, 2.05) is 13.2 Å². The topological polar surface area (TPSA) is 59.4 Å². The van der Waals surface area contributed by atoms with Crippen molar-refractivity contribution in [2.45, 2.75) is 39.1 Å². The molecule has 0 aliphatic carbocycles. The SMILES string of the molecule is CC1CN(Cc2ccc(CNC(=O)/C=C/c3cnn(C)c3)cc2)CC(C)O1. The Morgan fingerprint density at radius 2 is 1.89 bits per heavy atom. The van der Waals surface area contributed by atoms with Gasteiger partial charge in [0, 0.05) is 51.1 Å². The van der Waals surface area contributed by atoms with Crippen LogP contribution in [-0.2, 0) is 29.7 Å². The smallest absolute Gasteiger partial charge is 0.244 e. The number of rotatable bonds is 6. The number of hydrogen-bond acceptors (Lipinski definition) is 4. The molecule has 1 aliphatic heterocycles. The molecule has 2 aromatic rings. The lowest BCUT2D eigenvalue weighted by atomic mass is 10.1. The van der Waals surface area contributed by atoms with Crippen LogP contribution in [0.25, 0.3) is 6.08 Å². The molecule has 2 heterocycles. The summed E-state index contributed by atoms with van der Waals surface area (Å²) in [5, 5.41) is 6.98. The van der Waals surface area contributed by atoms with Gasteiger partial charge in [0.25, 0.3) is 0 Å². The molecule has 0 spiro atoms. The third-order valence-electron chi connectivity index (χ3n) is 4.54. The molecule has 0 radical (unpaired) electrons. The van der Waals surface area contributed by atoms with Crippen molar-refractivity contribution in [1.29, 1.82) is 0 Å². The van der Waals surface area contributed by atoms with E-state index in [1.54, 1.807) is 17.0 Å². The van der Waals surface area contributed by atoms with Crippen molar-refractivity contribution >= 4 is 12.0 Å². The largest absolute Gasteiger partial charge is 0.373 e.